The molecule has 2 amide bonds. The maximum Gasteiger partial charge on any atom is 0.321 e. The number of aliphatic carboxylic acids is 1. The van der Waals surface area contributed by atoms with E-state index in [4.69, 9.17) is 4.74 Å². The fourth-order valence-electron chi connectivity index (χ4n) is 2.87. The molecule has 3 rings (SSSR count). The highest BCUT2D eigenvalue weighted by Gasteiger charge is 2.46. The van der Waals surface area contributed by atoms with Crippen LogP contribution in [-0.2, 0) is 9.53 Å². The van der Waals surface area contributed by atoms with Crippen LogP contribution < -0.4 is 5.32 Å². The van der Waals surface area contributed by atoms with Crippen LogP contribution in [0.25, 0.3) is 5.65 Å². The largest absolute Gasteiger partial charge is 0.481 e. The molecule has 8 heteroatoms. The number of likely N-dealkylation sites (tertiary alicyclic amines) is 1. The van der Waals surface area contributed by atoms with E-state index in [1.54, 1.807) is 24.5 Å². The number of rotatable bonds is 4. The minimum absolute atomic E-state index is 0.0894. The average molecular weight is 318 g/mol. The molecule has 2 aromatic rings. The number of fused-ring (bicyclic) bond motifs is 1. The average Bonchev–Trinajstić information content (AvgIpc) is 3.14. The van der Waals surface area contributed by atoms with Gasteiger partial charge in [0.25, 0.3) is 0 Å². The van der Waals surface area contributed by atoms with Crippen molar-refractivity contribution in [1.29, 1.82) is 0 Å². The number of carbonyl (C=O) groups is 2. The molecule has 1 saturated heterocycles. The number of hydrogen-bond acceptors (Lipinski definition) is 4. The number of methoxy groups -OCH3 is 1. The molecule has 3 heterocycles. The molecule has 8 nitrogen and oxygen atoms in total. The lowest BCUT2D eigenvalue weighted by atomic mass is 9.88. The monoisotopic (exact) mass is 318 g/mol. The topological polar surface area (TPSA) is 96.2 Å². The number of urea groups is 1. The summed E-state index contributed by atoms with van der Waals surface area (Å²) >= 11 is 0. The predicted molar refractivity (Wildman–Crippen MR) is 82.3 cm³/mol. The van der Waals surface area contributed by atoms with Gasteiger partial charge in [-0.05, 0) is 12.5 Å². The van der Waals surface area contributed by atoms with Crippen molar-refractivity contribution in [3.05, 3.63) is 30.7 Å². The SMILES string of the molecule is COCC1(C(=O)O)CCN(C(=O)Nc2ccn3ccnc3c2)C1. The molecule has 0 aliphatic carbocycles. The number of hydrogen-bond donors (Lipinski definition) is 2. The van der Waals surface area contributed by atoms with Gasteiger partial charge in [0.05, 0.1) is 6.61 Å². The number of carbonyl (C=O) groups excluding carboxylic acids is 1. The van der Waals surface area contributed by atoms with Crippen LogP contribution in [0.15, 0.2) is 30.7 Å². The zero-order valence-corrected chi connectivity index (χ0v) is 12.7. The number of carboxylic acids is 1. The van der Waals surface area contributed by atoms with E-state index in [9.17, 15) is 14.7 Å². The van der Waals surface area contributed by atoms with Crippen LogP contribution in [0.4, 0.5) is 10.5 Å². The van der Waals surface area contributed by atoms with Crippen LogP contribution >= 0.6 is 0 Å². The normalized spacial score (nSPS) is 20.8. The number of anilines is 1. The first kappa shape index (κ1) is 15.3. The van der Waals surface area contributed by atoms with E-state index in [0.29, 0.717) is 18.7 Å². The van der Waals surface area contributed by atoms with E-state index < -0.39 is 11.4 Å². The number of pyridine rings is 1. The number of carboxylic acid groups (broad SMARTS) is 1. The van der Waals surface area contributed by atoms with Gasteiger partial charge in [-0.2, -0.15) is 0 Å². The van der Waals surface area contributed by atoms with Crippen LogP contribution in [-0.4, -0.2) is 58.2 Å². The van der Waals surface area contributed by atoms with Crippen molar-refractivity contribution in [3.8, 4) is 0 Å². The quantitative estimate of drug-likeness (QED) is 0.885. The molecular formula is C15H18N4O4. The number of ether oxygens (including phenoxy) is 1. The van der Waals surface area contributed by atoms with Gasteiger partial charge in [0, 0.05) is 50.5 Å². The van der Waals surface area contributed by atoms with E-state index in [1.807, 2.05) is 10.6 Å². The molecule has 122 valence electrons. The summed E-state index contributed by atoms with van der Waals surface area (Å²) < 4.78 is 6.86. The molecule has 1 aliphatic heterocycles. The molecule has 1 aliphatic rings. The Morgan fingerprint density at radius 3 is 3.04 bits per heavy atom. The summed E-state index contributed by atoms with van der Waals surface area (Å²) in [6.45, 7) is 0.604. The van der Waals surface area contributed by atoms with Crippen LogP contribution in [0, 0.1) is 5.41 Å². The van der Waals surface area contributed by atoms with Gasteiger partial charge in [0.2, 0.25) is 0 Å². The van der Waals surface area contributed by atoms with Crippen molar-refractivity contribution < 1.29 is 19.4 Å². The van der Waals surface area contributed by atoms with E-state index in [1.165, 1.54) is 12.0 Å². The molecule has 0 bridgehead atoms. The second kappa shape index (κ2) is 5.88. The first-order valence-electron chi connectivity index (χ1n) is 7.25. The molecule has 0 aromatic carbocycles. The third-order valence-electron chi connectivity index (χ3n) is 4.16. The van der Waals surface area contributed by atoms with Crippen molar-refractivity contribution in [3.63, 3.8) is 0 Å². The van der Waals surface area contributed by atoms with Crippen LogP contribution in [0.3, 0.4) is 0 Å². The summed E-state index contributed by atoms with van der Waals surface area (Å²) in [7, 11) is 1.47. The van der Waals surface area contributed by atoms with Gasteiger partial charge in [-0.25, -0.2) is 9.78 Å². The minimum atomic E-state index is -1.03. The summed E-state index contributed by atoms with van der Waals surface area (Å²) in [6, 6.07) is 3.20. The lowest BCUT2D eigenvalue weighted by Crippen LogP contribution is -2.41. The van der Waals surface area contributed by atoms with E-state index in [-0.39, 0.29) is 19.2 Å². The second-order valence-electron chi connectivity index (χ2n) is 5.73. The van der Waals surface area contributed by atoms with Gasteiger partial charge in [-0.3, -0.25) is 4.79 Å². The molecule has 1 unspecified atom stereocenters. The summed E-state index contributed by atoms with van der Waals surface area (Å²) in [5.74, 6) is -0.937. The highest BCUT2D eigenvalue weighted by atomic mass is 16.5. The zero-order chi connectivity index (χ0) is 16.4. The zero-order valence-electron chi connectivity index (χ0n) is 12.7. The standard InChI is InChI=1S/C15H18N4O4/c1-23-10-15(13(20)21)3-6-19(9-15)14(22)17-11-2-5-18-7-4-16-12(18)8-11/h2,4-5,7-8H,3,6,9-10H2,1H3,(H,17,22)(H,20,21). The molecule has 2 N–H and O–H groups in total. The summed E-state index contributed by atoms with van der Waals surface area (Å²) in [4.78, 5) is 29.5. The maximum atomic E-state index is 12.4. The Morgan fingerprint density at radius 2 is 2.30 bits per heavy atom. The highest BCUT2D eigenvalue weighted by molar-refractivity contribution is 5.91. The Balaban J connectivity index is 1.70. The third-order valence-corrected chi connectivity index (χ3v) is 4.16. The lowest BCUT2D eigenvalue weighted by Gasteiger charge is -2.23. The van der Waals surface area contributed by atoms with Gasteiger partial charge >= 0.3 is 12.0 Å². The fourth-order valence-corrected chi connectivity index (χ4v) is 2.87. The van der Waals surface area contributed by atoms with Gasteiger partial charge in [-0.1, -0.05) is 0 Å². The van der Waals surface area contributed by atoms with Crippen molar-refractivity contribution in [2.45, 2.75) is 6.42 Å². The molecule has 1 fully saturated rings. The molecule has 0 saturated carbocycles. The predicted octanol–water partition coefficient (Wildman–Crippen LogP) is 1.29. The van der Waals surface area contributed by atoms with Gasteiger partial charge < -0.3 is 24.5 Å². The van der Waals surface area contributed by atoms with Crippen LogP contribution in [0.5, 0.6) is 0 Å². The molecule has 1 atom stereocenters. The van der Waals surface area contributed by atoms with Crippen LogP contribution in [0.1, 0.15) is 6.42 Å². The van der Waals surface area contributed by atoms with Gasteiger partial charge in [0.1, 0.15) is 11.1 Å². The van der Waals surface area contributed by atoms with Crippen molar-refractivity contribution >= 4 is 23.3 Å². The minimum Gasteiger partial charge on any atom is -0.481 e. The number of imidazole rings is 1. The Labute approximate surface area is 132 Å². The molecule has 0 spiro atoms. The maximum absolute atomic E-state index is 12.4. The Bertz CT molecular complexity index is 744. The number of aromatic nitrogens is 2. The molecular weight excluding hydrogens is 300 g/mol. The third kappa shape index (κ3) is 2.85. The molecule has 23 heavy (non-hydrogen) atoms. The van der Waals surface area contributed by atoms with E-state index in [0.717, 1.165) is 5.65 Å². The van der Waals surface area contributed by atoms with E-state index >= 15 is 0 Å². The number of nitrogens with one attached hydrogen (secondary N) is 1. The Hall–Kier alpha value is -2.61. The first-order chi connectivity index (χ1) is 11.0. The number of nitrogens with zero attached hydrogens (tertiary/aromatic N) is 3. The van der Waals surface area contributed by atoms with Crippen molar-refractivity contribution in [2.24, 2.45) is 5.41 Å². The van der Waals surface area contributed by atoms with Crippen molar-refractivity contribution in [1.82, 2.24) is 14.3 Å². The van der Waals surface area contributed by atoms with Gasteiger partial charge in [-0.15, -0.1) is 0 Å². The Kier molecular flexibility index (Phi) is 3.91. The number of amides is 2. The summed E-state index contributed by atoms with van der Waals surface area (Å²) in [6.07, 6.45) is 5.66. The Morgan fingerprint density at radius 1 is 1.48 bits per heavy atom. The smallest absolute Gasteiger partial charge is 0.321 e. The molecule has 2 aromatic heterocycles. The summed E-state index contributed by atoms with van der Waals surface area (Å²) in [5, 5.41) is 12.2. The lowest BCUT2D eigenvalue weighted by molar-refractivity contribution is -0.151. The molecule has 0 radical (unpaired) electrons. The fraction of sp³-hybridized carbons (Fsp3) is 0.400. The van der Waals surface area contributed by atoms with Crippen molar-refractivity contribution in [2.75, 3.05) is 32.1 Å². The second-order valence-corrected chi connectivity index (χ2v) is 5.73. The van der Waals surface area contributed by atoms with Crippen LogP contribution in [0.2, 0.25) is 0 Å². The highest BCUT2D eigenvalue weighted by Crippen LogP contribution is 2.31. The van der Waals surface area contributed by atoms with Gasteiger partial charge in [0.15, 0.2) is 0 Å². The van der Waals surface area contributed by atoms with E-state index in [2.05, 4.69) is 10.3 Å². The summed E-state index contributed by atoms with van der Waals surface area (Å²) in [5.41, 5.74) is 0.316. The first-order valence-corrected chi connectivity index (χ1v) is 7.25.